The standard InChI is InChI=1S/C36H30Ge2/c1-7-19-31(20-8-1)37(32-21-9-2-10-22-32,33-23-11-3-12-24-33)38(34-25-13-4-14-26-34,35-27-15-5-16-28-35)36-29-17-6-18-30-36/h1-30H. The van der Waals surface area contributed by atoms with Crippen LogP contribution in [0.15, 0.2) is 182 Å². The molecule has 0 aromatic heterocycles. The normalized spacial score (nSPS) is 11.7. The van der Waals surface area contributed by atoms with Gasteiger partial charge in [-0.2, -0.15) is 0 Å². The Bertz CT molecular complexity index is 1250. The molecular formula is C36H30Ge2. The van der Waals surface area contributed by atoms with Crippen molar-refractivity contribution in [2.75, 3.05) is 0 Å². The van der Waals surface area contributed by atoms with Crippen LogP contribution in [-0.4, -0.2) is 22.6 Å². The van der Waals surface area contributed by atoms with Crippen molar-refractivity contribution in [3.8, 4) is 0 Å². The molecule has 0 spiro atoms. The molecule has 0 saturated heterocycles. The molecule has 2 heteroatoms. The summed E-state index contributed by atoms with van der Waals surface area (Å²) in [6.45, 7) is 0. The van der Waals surface area contributed by atoms with Gasteiger partial charge >= 0.3 is 231 Å². The first-order valence-electron chi connectivity index (χ1n) is 13.2. The van der Waals surface area contributed by atoms with E-state index in [1.54, 1.807) is 0 Å². The van der Waals surface area contributed by atoms with Crippen molar-refractivity contribution in [3.63, 3.8) is 0 Å². The monoisotopic (exact) mass is 610 g/mol. The number of hydrogen-bond acceptors (Lipinski definition) is 0. The molecule has 6 aromatic rings. The van der Waals surface area contributed by atoms with Gasteiger partial charge in [-0.25, -0.2) is 0 Å². The molecule has 0 N–H and O–H groups in total. The average Bonchev–Trinajstić information content (AvgIpc) is 3.02. The zero-order chi connectivity index (χ0) is 25.7. The van der Waals surface area contributed by atoms with Gasteiger partial charge in [-0.05, 0) is 0 Å². The molecule has 0 saturated carbocycles. The van der Waals surface area contributed by atoms with Gasteiger partial charge in [0.15, 0.2) is 0 Å². The zero-order valence-corrected chi connectivity index (χ0v) is 25.5. The molecule has 0 bridgehead atoms. The van der Waals surface area contributed by atoms with Crippen molar-refractivity contribution in [2.24, 2.45) is 0 Å². The van der Waals surface area contributed by atoms with Crippen molar-refractivity contribution >= 4 is 49.0 Å². The molecule has 0 unspecified atom stereocenters. The predicted octanol–water partition coefficient (Wildman–Crippen LogP) is 4.41. The Kier molecular flexibility index (Phi) is 7.17. The summed E-state index contributed by atoms with van der Waals surface area (Å²) in [6.07, 6.45) is 0. The van der Waals surface area contributed by atoms with E-state index in [9.17, 15) is 0 Å². The van der Waals surface area contributed by atoms with Gasteiger partial charge in [0.05, 0.1) is 0 Å². The van der Waals surface area contributed by atoms with Crippen LogP contribution < -0.4 is 26.4 Å². The molecule has 0 aliphatic carbocycles. The third-order valence-corrected chi connectivity index (χ3v) is 56.4. The van der Waals surface area contributed by atoms with Crippen LogP contribution in [0.3, 0.4) is 0 Å². The van der Waals surface area contributed by atoms with Gasteiger partial charge in [-0.1, -0.05) is 0 Å². The average molecular weight is 608 g/mol. The summed E-state index contributed by atoms with van der Waals surface area (Å²) in [7, 11) is 0. The Morgan fingerprint density at radius 3 is 0.447 bits per heavy atom. The van der Waals surface area contributed by atoms with Gasteiger partial charge in [-0.15, -0.1) is 0 Å². The van der Waals surface area contributed by atoms with Gasteiger partial charge in [0, 0.05) is 0 Å². The first-order chi connectivity index (χ1) is 18.9. The van der Waals surface area contributed by atoms with Gasteiger partial charge < -0.3 is 0 Å². The van der Waals surface area contributed by atoms with Crippen LogP contribution in [0.1, 0.15) is 0 Å². The number of benzene rings is 6. The second-order valence-corrected chi connectivity index (χ2v) is 39.6. The van der Waals surface area contributed by atoms with Crippen LogP contribution in [0.5, 0.6) is 0 Å². The van der Waals surface area contributed by atoms with Crippen LogP contribution in [-0.2, 0) is 0 Å². The fourth-order valence-electron chi connectivity index (χ4n) is 6.43. The summed E-state index contributed by atoms with van der Waals surface area (Å²) >= 11 is -7.11. The fourth-order valence-corrected chi connectivity index (χ4v) is 64.0. The summed E-state index contributed by atoms with van der Waals surface area (Å²) in [5, 5.41) is 0. The minimum atomic E-state index is -3.55. The van der Waals surface area contributed by atoms with E-state index in [4.69, 9.17) is 0 Å². The van der Waals surface area contributed by atoms with E-state index in [1.807, 2.05) is 0 Å². The Morgan fingerprint density at radius 2 is 0.316 bits per heavy atom. The zero-order valence-electron chi connectivity index (χ0n) is 21.3. The Morgan fingerprint density at radius 1 is 0.184 bits per heavy atom. The first kappa shape index (κ1) is 24.7. The fraction of sp³-hybridized carbons (Fsp3) is 0. The van der Waals surface area contributed by atoms with E-state index in [-0.39, 0.29) is 0 Å². The van der Waals surface area contributed by atoms with E-state index in [2.05, 4.69) is 182 Å². The van der Waals surface area contributed by atoms with Crippen LogP contribution in [0, 0.1) is 0 Å². The summed E-state index contributed by atoms with van der Waals surface area (Å²) in [5.74, 6) is 0. The van der Waals surface area contributed by atoms with E-state index in [1.165, 1.54) is 26.4 Å². The summed E-state index contributed by atoms with van der Waals surface area (Å²) in [6, 6.07) is 69.0. The van der Waals surface area contributed by atoms with Gasteiger partial charge in [0.1, 0.15) is 0 Å². The minimum absolute atomic E-state index is 1.52. The topological polar surface area (TPSA) is 0 Å². The van der Waals surface area contributed by atoms with E-state index in [0.717, 1.165) is 0 Å². The molecule has 38 heavy (non-hydrogen) atoms. The molecule has 0 aliphatic rings. The summed E-state index contributed by atoms with van der Waals surface area (Å²) in [5.41, 5.74) is 0. The van der Waals surface area contributed by atoms with Crippen molar-refractivity contribution < 1.29 is 0 Å². The molecule has 0 fully saturated rings. The maximum atomic E-state index is 2.43. The molecule has 0 heterocycles. The van der Waals surface area contributed by atoms with Gasteiger partial charge in [0.2, 0.25) is 0 Å². The summed E-state index contributed by atoms with van der Waals surface area (Å²) in [4.78, 5) is 0. The van der Waals surface area contributed by atoms with E-state index >= 15 is 0 Å². The van der Waals surface area contributed by atoms with Gasteiger partial charge in [0.25, 0.3) is 0 Å². The SMILES string of the molecule is c1cc[c]([Ge]([c]2ccccc2)([c]2ccccc2)[Ge]([c]2ccccc2)([c]2ccccc2)[c]2ccccc2)cc1. The van der Waals surface area contributed by atoms with Crippen molar-refractivity contribution in [3.05, 3.63) is 182 Å². The molecule has 0 nitrogen and oxygen atoms in total. The molecular weight excluding hydrogens is 578 g/mol. The Labute approximate surface area is 229 Å². The molecule has 0 radical (unpaired) electrons. The van der Waals surface area contributed by atoms with Gasteiger partial charge in [-0.3, -0.25) is 0 Å². The van der Waals surface area contributed by atoms with Crippen LogP contribution >= 0.6 is 0 Å². The quantitative estimate of drug-likeness (QED) is 0.236. The van der Waals surface area contributed by atoms with E-state index < -0.39 is 22.6 Å². The van der Waals surface area contributed by atoms with Crippen LogP contribution in [0.2, 0.25) is 0 Å². The molecule has 6 rings (SSSR count). The first-order valence-corrected chi connectivity index (χ1v) is 26.0. The summed E-state index contributed by atoms with van der Waals surface area (Å²) < 4.78 is 9.09. The molecule has 182 valence electrons. The second-order valence-electron chi connectivity index (χ2n) is 9.70. The maximum absolute atomic E-state index is 3.55. The molecule has 0 atom stereocenters. The van der Waals surface area contributed by atoms with Crippen molar-refractivity contribution in [2.45, 2.75) is 0 Å². The number of hydrogen-bond donors (Lipinski definition) is 0. The van der Waals surface area contributed by atoms with Crippen molar-refractivity contribution in [1.29, 1.82) is 0 Å². The predicted molar refractivity (Wildman–Crippen MR) is 168 cm³/mol. The third-order valence-electron chi connectivity index (χ3n) is 7.80. The van der Waals surface area contributed by atoms with Crippen molar-refractivity contribution in [1.82, 2.24) is 0 Å². The Balaban J connectivity index is 1.93. The molecule has 0 aliphatic heterocycles. The third kappa shape index (κ3) is 4.00. The molecule has 0 amide bonds. The van der Waals surface area contributed by atoms with Crippen LogP contribution in [0.4, 0.5) is 0 Å². The molecule has 6 aromatic carbocycles. The van der Waals surface area contributed by atoms with Crippen LogP contribution in [0.25, 0.3) is 0 Å². The number of rotatable bonds is 7. The van der Waals surface area contributed by atoms with E-state index in [0.29, 0.717) is 0 Å². The second kappa shape index (κ2) is 11.0. The Hall–Kier alpha value is -3.59.